The summed E-state index contributed by atoms with van der Waals surface area (Å²) in [6.45, 7) is 4.46. The number of anilines is 1. The number of furan rings is 1. The fraction of sp³-hybridized carbons (Fsp3) is 0.320. The van der Waals surface area contributed by atoms with Gasteiger partial charge < -0.3 is 14.6 Å². The van der Waals surface area contributed by atoms with Crippen molar-refractivity contribution in [2.75, 3.05) is 44.2 Å². The molecule has 1 saturated heterocycles. The average molecular weight is 564 g/mol. The number of piperazine rings is 1. The third-order valence-electron chi connectivity index (χ3n) is 5.89. The zero-order valence-electron chi connectivity index (χ0n) is 19.1. The first-order valence-electron chi connectivity index (χ1n) is 11.4. The van der Waals surface area contributed by atoms with E-state index < -0.39 is 9.84 Å². The highest BCUT2D eigenvalue weighted by molar-refractivity contribution is 9.10. The second-order valence-electron chi connectivity index (χ2n) is 8.37. The van der Waals surface area contributed by atoms with Crippen LogP contribution in [0.2, 0.25) is 0 Å². The molecule has 1 aliphatic heterocycles. The third-order valence-corrected chi connectivity index (χ3v) is 8.08. The Labute approximate surface area is 213 Å². The SMILES string of the molecule is O=C(NCCCN1CCN(c2ccccc2F)CC1)c1ccc(CS(=O)(=O)c2ccc(Br)cc2)o1. The molecule has 0 aliphatic carbocycles. The van der Waals surface area contributed by atoms with Crippen LogP contribution in [0.15, 0.2) is 74.4 Å². The van der Waals surface area contributed by atoms with E-state index in [1.54, 1.807) is 24.3 Å². The lowest BCUT2D eigenvalue weighted by Gasteiger charge is -2.36. The molecule has 186 valence electrons. The molecule has 4 rings (SSSR count). The molecular formula is C25H27BrFN3O4S. The van der Waals surface area contributed by atoms with Gasteiger partial charge in [0.25, 0.3) is 5.91 Å². The Hall–Kier alpha value is -2.69. The monoisotopic (exact) mass is 563 g/mol. The van der Waals surface area contributed by atoms with Crippen LogP contribution in [-0.4, -0.2) is 58.5 Å². The lowest BCUT2D eigenvalue weighted by molar-refractivity contribution is 0.0922. The molecule has 1 amide bonds. The minimum Gasteiger partial charge on any atom is -0.455 e. The van der Waals surface area contributed by atoms with Crippen molar-refractivity contribution in [3.63, 3.8) is 0 Å². The van der Waals surface area contributed by atoms with Gasteiger partial charge in [-0.25, -0.2) is 12.8 Å². The molecule has 1 aromatic heterocycles. The van der Waals surface area contributed by atoms with Crippen molar-refractivity contribution >= 4 is 37.4 Å². The molecule has 1 aliphatic rings. The molecule has 0 atom stereocenters. The van der Waals surface area contributed by atoms with Crippen molar-refractivity contribution in [1.82, 2.24) is 10.2 Å². The number of hydrogen-bond acceptors (Lipinski definition) is 6. The van der Waals surface area contributed by atoms with Gasteiger partial charge in [0.2, 0.25) is 0 Å². The van der Waals surface area contributed by atoms with Crippen LogP contribution in [0.5, 0.6) is 0 Å². The molecule has 0 saturated carbocycles. The second-order valence-corrected chi connectivity index (χ2v) is 11.3. The minimum atomic E-state index is -3.58. The summed E-state index contributed by atoms with van der Waals surface area (Å²) in [5.41, 5.74) is 0.641. The Morgan fingerprint density at radius 2 is 1.71 bits per heavy atom. The quantitative estimate of drug-likeness (QED) is 0.395. The average Bonchev–Trinajstić information content (AvgIpc) is 3.31. The molecule has 1 fully saturated rings. The fourth-order valence-corrected chi connectivity index (χ4v) is 5.51. The number of halogens is 2. The van der Waals surface area contributed by atoms with E-state index in [1.165, 1.54) is 30.3 Å². The maximum atomic E-state index is 14.0. The van der Waals surface area contributed by atoms with Crippen LogP contribution in [0.25, 0.3) is 0 Å². The van der Waals surface area contributed by atoms with Gasteiger partial charge >= 0.3 is 0 Å². The molecule has 1 N–H and O–H groups in total. The van der Waals surface area contributed by atoms with Crippen molar-refractivity contribution in [2.24, 2.45) is 0 Å². The number of hydrogen-bond donors (Lipinski definition) is 1. The summed E-state index contributed by atoms with van der Waals surface area (Å²) < 4.78 is 45.4. The van der Waals surface area contributed by atoms with Crippen molar-refractivity contribution in [1.29, 1.82) is 0 Å². The van der Waals surface area contributed by atoms with E-state index in [9.17, 15) is 17.6 Å². The van der Waals surface area contributed by atoms with Crippen molar-refractivity contribution < 1.29 is 22.0 Å². The first-order chi connectivity index (χ1) is 16.8. The summed E-state index contributed by atoms with van der Waals surface area (Å²) in [5, 5.41) is 2.82. The van der Waals surface area contributed by atoms with Gasteiger partial charge in [0.15, 0.2) is 15.6 Å². The highest BCUT2D eigenvalue weighted by Crippen LogP contribution is 2.21. The fourth-order valence-electron chi connectivity index (χ4n) is 4.00. The Morgan fingerprint density at radius 1 is 1.00 bits per heavy atom. The predicted octanol–water partition coefficient (Wildman–Crippen LogP) is 4.10. The first-order valence-corrected chi connectivity index (χ1v) is 13.8. The van der Waals surface area contributed by atoms with Crippen molar-refractivity contribution in [3.05, 3.63) is 82.5 Å². The molecule has 0 spiro atoms. The van der Waals surface area contributed by atoms with Crippen LogP contribution in [0.4, 0.5) is 10.1 Å². The van der Waals surface area contributed by atoms with Gasteiger partial charge in [-0.1, -0.05) is 28.1 Å². The molecule has 3 aromatic rings. The van der Waals surface area contributed by atoms with Crippen LogP contribution >= 0.6 is 15.9 Å². The molecule has 2 heterocycles. The third kappa shape index (κ3) is 6.71. The van der Waals surface area contributed by atoms with Gasteiger partial charge in [0.1, 0.15) is 17.3 Å². The molecule has 0 unspecified atom stereocenters. The molecule has 0 bridgehead atoms. The molecule has 2 aromatic carbocycles. The summed E-state index contributed by atoms with van der Waals surface area (Å²) in [5.74, 6) is -0.589. The van der Waals surface area contributed by atoms with Gasteiger partial charge in [0, 0.05) is 37.2 Å². The smallest absolute Gasteiger partial charge is 0.286 e. The number of carbonyl (C=O) groups is 1. The second kappa shape index (κ2) is 11.4. The number of sulfone groups is 1. The predicted molar refractivity (Wildman–Crippen MR) is 136 cm³/mol. The number of benzene rings is 2. The molecular weight excluding hydrogens is 537 g/mol. The van der Waals surface area contributed by atoms with Gasteiger partial charge in [-0.2, -0.15) is 0 Å². The molecule has 35 heavy (non-hydrogen) atoms. The zero-order valence-corrected chi connectivity index (χ0v) is 21.5. The summed E-state index contributed by atoms with van der Waals surface area (Å²) in [6, 6.07) is 16.2. The van der Waals surface area contributed by atoms with Crippen LogP contribution in [0.1, 0.15) is 22.7 Å². The van der Waals surface area contributed by atoms with Crippen LogP contribution < -0.4 is 10.2 Å². The van der Waals surface area contributed by atoms with Crippen molar-refractivity contribution in [2.45, 2.75) is 17.1 Å². The van der Waals surface area contributed by atoms with E-state index in [4.69, 9.17) is 4.42 Å². The maximum Gasteiger partial charge on any atom is 0.286 e. The van der Waals surface area contributed by atoms with E-state index in [-0.39, 0.29) is 33.9 Å². The highest BCUT2D eigenvalue weighted by Gasteiger charge is 2.21. The number of amides is 1. The standard InChI is InChI=1S/C25H27BrFN3O4S/c26-19-6-9-21(10-7-19)35(32,33)18-20-8-11-24(34-20)25(31)28-12-3-13-29-14-16-30(17-15-29)23-5-2-1-4-22(23)27/h1-2,4-11H,3,12-18H2,(H,28,31). The highest BCUT2D eigenvalue weighted by atomic mass is 79.9. The summed E-state index contributed by atoms with van der Waals surface area (Å²) in [4.78, 5) is 16.9. The van der Waals surface area contributed by atoms with Gasteiger partial charge in [-0.15, -0.1) is 0 Å². The lowest BCUT2D eigenvalue weighted by Crippen LogP contribution is -2.47. The number of carbonyl (C=O) groups excluding carboxylic acids is 1. The Bertz CT molecular complexity index is 1260. The van der Waals surface area contributed by atoms with E-state index in [2.05, 4.69) is 31.0 Å². The van der Waals surface area contributed by atoms with E-state index in [0.29, 0.717) is 12.2 Å². The Morgan fingerprint density at radius 3 is 2.43 bits per heavy atom. The van der Waals surface area contributed by atoms with Crippen LogP contribution in [0.3, 0.4) is 0 Å². The van der Waals surface area contributed by atoms with Crippen molar-refractivity contribution in [3.8, 4) is 0 Å². The number of rotatable bonds is 9. The van der Waals surface area contributed by atoms with E-state index in [1.807, 2.05) is 6.07 Å². The maximum absolute atomic E-state index is 14.0. The lowest BCUT2D eigenvalue weighted by atomic mass is 10.2. The van der Waals surface area contributed by atoms with Crippen LogP contribution in [0, 0.1) is 5.82 Å². The number of nitrogens with one attached hydrogen (secondary N) is 1. The minimum absolute atomic E-state index is 0.0875. The normalized spacial score (nSPS) is 14.7. The van der Waals surface area contributed by atoms with E-state index in [0.717, 1.165) is 43.6 Å². The molecule has 7 nitrogen and oxygen atoms in total. The van der Waals surface area contributed by atoms with Gasteiger partial charge in [-0.05, 0) is 61.5 Å². The largest absolute Gasteiger partial charge is 0.455 e. The number of para-hydroxylation sites is 1. The van der Waals surface area contributed by atoms with Gasteiger partial charge in [-0.3, -0.25) is 9.69 Å². The first kappa shape index (κ1) is 25.4. The van der Waals surface area contributed by atoms with Gasteiger partial charge in [0.05, 0.1) is 10.6 Å². The summed E-state index contributed by atoms with van der Waals surface area (Å²) in [7, 11) is -3.58. The van der Waals surface area contributed by atoms with Crippen LogP contribution in [-0.2, 0) is 15.6 Å². The molecule has 10 heteroatoms. The topological polar surface area (TPSA) is 82.9 Å². The Kier molecular flexibility index (Phi) is 8.25. The number of nitrogens with zero attached hydrogens (tertiary/aromatic N) is 2. The van der Waals surface area contributed by atoms with E-state index >= 15 is 0 Å². The zero-order chi connectivity index (χ0) is 24.8. The summed E-state index contributed by atoms with van der Waals surface area (Å²) >= 11 is 3.29. The molecule has 0 radical (unpaired) electrons. The Balaban J connectivity index is 1.19. The summed E-state index contributed by atoms with van der Waals surface area (Å²) in [6.07, 6.45) is 0.761.